The van der Waals surface area contributed by atoms with Gasteiger partial charge >= 0.3 is 5.97 Å². The van der Waals surface area contributed by atoms with Gasteiger partial charge in [0.2, 0.25) is 5.91 Å². The number of rotatable bonds is 5. The highest BCUT2D eigenvalue weighted by Gasteiger charge is 2.34. The first-order valence-electron chi connectivity index (χ1n) is 7.59. The summed E-state index contributed by atoms with van der Waals surface area (Å²) in [5.74, 6) is -0.897. The molecule has 1 heterocycles. The smallest absolute Gasteiger partial charge is 0.320 e. The Balaban J connectivity index is 2.78. The monoisotopic (exact) mass is 284 g/mol. The van der Waals surface area contributed by atoms with Crippen LogP contribution in [0.15, 0.2) is 0 Å². The minimum Gasteiger partial charge on any atom is -0.480 e. The second kappa shape index (κ2) is 7.07. The number of likely N-dealkylation sites (tertiary alicyclic amines) is 1. The lowest BCUT2D eigenvalue weighted by atomic mass is 10.0. The van der Waals surface area contributed by atoms with Gasteiger partial charge in [-0.3, -0.25) is 14.5 Å². The average molecular weight is 284 g/mol. The van der Waals surface area contributed by atoms with E-state index in [2.05, 4.69) is 5.32 Å². The number of nitrogens with zero attached hydrogens (tertiary/aromatic N) is 1. The maximum absolute atomic E-state index is 12.4. The summed E-state index contributed by atoms with van der Waals surface area (Å²) in [7, 11) is 0. The van der Waals surface area contributed by atoms with Gasteiger partial charge in [-0.15, -0.1) is 0 Å². The van der Waals surface area contributed by atoms with Gasteiger partial charge in [0, 0.05) is 5.54 Å². The Hall–Kier alpha value is -1.10. The number of carbonyl (C=O) groups excluding carboxylic acids is 1. The van der Waals surface area contributed by atoms with Gasteiger partial charge < -0.3 is 10.4 Å². The van der Waals surface area contributed by atoms with E-state index in [1.165, 1.54) is 0 Å². The highest BCUT2D eigenvalue weighted by molar-refractivity contribution is 5.83. The van der Waals surface area contributed by atoms with E-state index >= 15 is 0 Å². The van der Waals surface area contributed by atoms with Crippen LogP contribution in [0.4, 0.5) is 0 Å². The number of hydrogen-bond donors (Lipinski definition) is 2. The van der Waals surface area contributed by atoms with Crippen molar-refractivity contribution >= 4 is 11.9 Å². The van der Waals surface area contributed by atoms with Gasteiger partial charge in [-0.2, -0.15) is 0 Å². The molecule has 5 heteroatoms. The van der Waals surface area contributed by atoms with E-state index in [4.69, 9.17) is 0 Å². The molecule has 0 aromatic carbocycles. The van der Waals surface area contributed by atoms with Crippen LogP contribution in [0.1, 0.15) is 59.8 Å². The summed E-state index contributed by atoms with van der Waals surface area (Å²) < 4.78 is 0. The molecule has 5 nitrogen and oxygen atoms in total. The second-order valence-corrected chi connectivity index (χ2v) is 6.34. The molecule has 0 aromatic rings. The maximum atomic E-state index is 12.4. The Morgan fingerprint density at radius 3 is 2.55 bits per heavy atom. The van der Waals surface area contributed by atoms with Crippen molar-refractivity contribution < 1.29 is 14.7 Å². The first-order chi connectivity index (χ1) is 9.28. The van der Waals surface area contributed by atoms with Crippen molar-refractivity contribution in [3.63, 3.8) is 0 Å². The number of carboxylic acids is 1. The van der Waals surface area contributed by atoms with Crippen LogP contribution in [-0.4, -0.2) is 46.1 Å². The van der Waals surface area contributed by atoms with Gasteiger partial charge in [0.05, 0.1) is 6.04 Å². The number of amides is 1. The predicted octanol–water partition coefficient (Wildman–Crippen LogP) is 2.01. The quantitative estimate of drug-likeness (QED) is 0.810. The SMILES string of the molecule is CCC(C)(C)NC(=O)C(C)N1CCCCCC1C(=O)O. The van der Waals surface area contributed by atoms with E-state index in [1.54, 1.807) is 0 Å². The second-order valence-electron chi connectivity index (χ2n) is 6.34. The molecule has 0 aromatic heterocycles. The Morgan fingerprint density at radius 2 is 2.00 bits per heavy atom. The fraction of sp³-hybridized carbons (Fsp3) is 0.867. The van der Waals surface area contributed by atoms with Crippen molar-refractivity contribution in [3.05, 3.63) is 0 Å². The number of carboxylic acid groups (broad SMARTS) is 1. The number of hydrogen-bond acceptors (Lipinski definition) is 3. The molecule has 20 heavy (non-hydrogen) atoms. The molecule has 1 fully saturated rings. The zero-order valence-electron chi connectivity index (χ0n) is 13.1. The number of aliphatic carboxylic acids is 1. The molecular weight excluding hydrogens is 256 g/mol. The summed E-state index contributed by atoms with van der Waals surface area (Å²) in [6.45, 7) is 8.47. The molecule has 1 saturated heterocycles. The van der Waals surface area contributed by atoms with Gasteiger partial charge in [-0.25, -0.2) is 0 Å². The predicted molar refractivity (Wildman–Crippen MR) is 78.6 cm³/mol. The summed E-state index contributed by atoms with van der Waals surface area (Å²) in [5.41, 5.74) is -0.254. The largest absolute Gasteiger partial charge is 0.480 e. The minimum absolute atomic E-state index is 0.0787. The molecule has 1 amide bonds. The van der Waals surface area contributed by atoms with E-state index in [-0.39, 0.29) is 11.4 Å². The van der Waals surface area contributed by atoms with Crippen LogP contribution in [0.3, 0.4) is 0 Å². The van der Waals surface area contributed by atoms with Crippen molar-refractivity contribution in [1.82, 2.24) is 10.2 Å². The molecule has 2 unspecified atom stereocenters. The molecular formula is C15H28N2O3. The topological polar surface area (TPSA) is 69.6 Å². The molecule has 1 aliphatic rings. The fourth-order valence-corrected chi connectivity index (χ4v) is 2.54. The molecule has 2 N–H and O–H groups in total. The molecule has 2 atom stereocenters. The van der Waals surface area contributed by atoms with E-state index in [9.17, 15) is 14.7 Å². The van der Waals surface area contributed by atoms with E-state index in [1.807, 2.05) is 32.6 Å². The van der Waals surface area contributed by atoms with Crippen LogP contribution >= 0.6 is 0 Å². The average Bonchev–Trinajstić information content (AvgIpc) is 2.62. The molecule has 0 spiro atoms. The summed E-state index contributed by atoms with van der Waals surface area (Å²) in [6.07, 6.45) is 4.38. The van der Waals surface area contributed by atoms with Crippen LogP contribution in [0, 0.1) is 0 Å². The zero-order chi connectivity index (χ0) is 15.3. The molecule has 1 rings (SSSR count). The number of nitrogens with one attached hydrogen (secondary N) is 1. The molecule has 0 saturated carbocycles. The summed E-state index contributed by atoms with van der Waals surface area (Å²) >= 11 is 0. The van der Waals surface area contributed by atoms with Crippen molar-refractivity contribution in [3.8, 4) is 0 Å². The fourth-order valence-electron chi connectivity index (χ4n) is 2.54. The zero-order valence-corrected chi connectivity index (χ0v) is 13.1. The Labute approximate surface area is 121 Å². The Morgan fingerprint density at radius 1 is 1.35 bits per heavy atom. The Bertz CT molecular complexity index is 355. The van der Waals surface area contributed by atoms with Crippen molar-refractivity contribution in [2.75, 3.05) is 6.54 Å². The number of carbonyl (C=O) groups is 2. The highest BCUT2D eigenvalue weighted by Crippen LogP contribution is 2.20. The van der Waals surface area contributed by atoms with Crippen LogP contribution in [0.5, 0.6) is 0 Å². The molecule has 0 aliphatic carbocycles. The molecule has 0 radical (unpaired) electrons. The summed E-state index contributed by atoms with van der Waals surface area (Å²) in [4.78, 5) is 25.6. The van der Waals surface area contributed by atoms with Gasteiger partial charge in [0.15, 0.2) is 0 Å². The minimum atomic E-state index is -0.818. The highest BCUT2D eigenvalue weighted by atomic mass is 16.4. The van der Waals surface area contributed by atoms with Crippen molar-refractivity contribution in [2.45, 2.75) is 77.4 Å². The molecule has 116 valence electrons. The maximum Gasteiger partial charge on any atom is 0.320 e. The lowest BCUT2D eigenvalue weighted by Gasteiger charge is -2.34. The summed E-state index contributed by atoms with van der Waals surface area (Å²) in [5, 5.41) is 12.4. The third-order valence-corrected chi connectivity index (χ3v) is 4.30. The van der Waals surface area contributed by atoms with Crippen LogP contribution in [-0.2, 0) is 9.59 Å². The summed E-state index contributed by atoms with van der Waals surface area (Å²) in [6, 6.07) is -0.942. The van der Waals surface area contributed by atoms with Gasteiger partial charge in [-0.1, -0.05) is 19.8 Å². The molecule has 0 bridgehead atoms. The third-order valence-electron chi connectivity index (χ3n) is 4.30. The lowest BCUT2D eigenvalue weighted by Crippen LogP contribution is -2.55. The first-order valence-corrected chi connectivity index (χ1v) is 7.59. The van der Waals surface area contributed by atoms with Gasteiger partial charge in [0.25, 0.3) is 0 Å². The van der Waals surface area contributed by atoms with E-state index in [0.717, 1.165) is 25.7 Å². The Kier molecular flexibility index (Phi) is 5.99. The normalized spacial score (nSPS) is 22.9. The van der Waals surface area contributed by atoms with Crippen LogP contribution in [0.2, 0.25) is 0 Å². The van der Waals surface area contributed by atoms with Crippen molar-refractivity contribution in [1.29, 1.82) is 0 Å². The van der Waals surface area contributed by atoms with Crippen LogP contribution < -0.4 is 5.32 Å². The first kappa shape index (κ1) is 17.0. The lowest BCUT2D eigenvalue weighted by molar-refractivity contribution is -0.145. The van der Waals surface area contributed by atoms with Gasteiger partial charge in [0.1, 0.15) is 6.04 Å². The van der Waals surface area contributed by atoms with E-state index < -0.39 is 18.1 Å². The van der Waals surface area contributed by atoms with Gasteiger partial charge in [-0.05, 0) is 46.6 Å². The third kappa shape index (κ3) is 4.47. The van der Waals surface area contributed by atoms with Crippen LogP contribution in [0.25, 0.3) is 0 Å². The van der Waals surface area contributed by atoms with E-state index in [0.29, 0.717) is 13.0 Å². The van der Waals surface area contributed by atoms with Crippen molar-refractivity contribution in [2.24, 2.45) is 0 Å². The standard InChI is InChI=1S/C15H28N2O3/c1-5-15(3,4)16-13(18)11(2)17-10-8-6-7-9-12(17)14(19)20/h11-12H,5-10H2,1-4H3,(H,16,18)(H,19,20). The molecule has 1 aliphatic heterocycles.